The molecule has 0 spiro atoms. The number of para-hydroxylation sites is 2. The van der Waals surface area contributed by atoms with Crippen LogP contribution in [0.4, 0.5) is 0 Å². The maximum absolute atomic E-state index is 12.6. The van der Waals surface area contributed by atoms with E-state index in [2.05, 4.69) is 51.9 Å². The number of aromatic nitrogens is 2. The van der Waals surface area contributed by atoms with Crippen LogP contribution in [0.3, 0.4) is 0 Å². The lowest BCUT2D eigenvalue weighted by molar-refractivity contribution is -0.127. The molecule has 0 unspecified atom stereocenters. The lowest BCUT2D eigenvalue weighted by Crippen LogP contribution is -2.48. The Morgan fingerprint density at radius 3 is 2.21 bits per heavy atom. The molecule has 0 radical (unpaired) electrons. The van der Waals surface area contributed by atoms with E-state index in [0.717, 1.165) is 61.7 Å². The predicted molar refractivity (Wildman–Crippen MR) is 133 cm³/mol. The number of imidazole rings is 1. The third-order valence-electron chi connectivity index (χ3n) is 6.18. The molecule has 1 fully saturated rings. The zero-order valence-corrected chi connectivity index (χ0v) is 18.7. The number of hydrogen-bond acceptors (Lipinski definition) is 3. The van der Waals surface area contributed by atoms with Crippen LogP contribution in [-0.4, -0.2) is 51.4 Å². The van der Waals surface area contributed by atoms with Gasteiger partial charge in [0.05, 0.1) is 17.6 Å². The fraction of sp³-hybridized carbons (Fsp3) is 0.214. The second-order valence-electron chi connectivity index (χ2n) is 8.43. The van der Waals surface area contributed by atoms with Crippen molar-refractivity contribution in [3.8, 4) is 0 Å². The molecule has 5 heteroatoms. The number of piperazine rings is 1. The Morgan fingerprint density at radius 1 is 0.788 bits per heavy atom. The van der Waals surface area contributed by atoms with Crippen molar-refractivity contribution in [1.29, 1.82) is 0 Å². The van der Waals surface area contributed by atoms with E-state index in [-0.39, 0.29) is 5.91 Å². The van der Waals surface area contributed by atoms with Crippen molar-refractivity contribution >= 4 is 23.0 Å². The Hall–Kier alpha value is -3.70. The molecule has 5 rings (SSSR count). The first-order chi connectivity index (χ1) is 16.3. The van der Waals surface area contributed by atoms with Crippen LogP contribution in [0.15, 0.2) is 91.0 Å². The van der Waals surface area contributed by atoms with Crippen LogP contribution in [0, 0.1) is 0 Å². The molecule has 0 N–H and O–H groups in total. The maximum atomic E-state index is 12.6. The first kappa shape index (κ1) is 21.2. The van der Waals surface area contributed by atoms with E-state index in [0.29, 0.717) is 0 Å². The van der Waals surface area contributed by atoms with E-state index in [1.54, 1.807) is 6.08 Å². The molecule has 5 nitrogen and oxygen atoms in total. The van der Waals surface area contributed by atoms with E-state index in [1.165, 1.54) is 5.56 Å². The average Bonchev–Trinajstić information content (AvgIpc) is 3.21. The largest absolute Gasteiger partial charge is 0.337 e. The molecule has 1 aliphatic rings. The van der Waals surface area contributed by atoms with Gasteiger partial charge in [0.15, 0.2) is 0 Å². The number of hydrogen-bond donors (Lipinski definition) is 0. The molecule has 0 saturated carbocycles. The molecule has 0 atom stereocenters. The highest BCUT2D eigenvalue weighted by molar-refractivity contribution is 5.91. The molecule has 1 aliphatic heterocycles. The summed E-state index contributed by atoms with van der Waals surface area (Å²) >= 11 is 0. The van der Waals surface area contributed by atoms with Gasteiger partial charge in [-0.05, 0) is 29.3 Å². The van der Waals surface area contributed by atoms with Crippen LogP contribution < -0.4 is 0 Å². The lowest BCUT2D eigenvalue weighted by atomic mass is 10.2. The summed E-state index contributed by atoms with van der Waals surface area (Å²) in [5.41, 5.74) is 4.50. The summed E-state index contributed by atoms with van der Waals surface area (Å²) in [6.07, 6.45) is 3.57. The number of carbonyl (C=O) groups excluding carboxylic acids is 1. The van der Waals surface area contributed by atoms with Gasteiger partial charge in [0.1, 0.15) is 5.82 Å². The van der Waals surface area contributed by atoms with Crippen LogP contribution >= 0.6 is 0 Å². The second-order valence-corrected chi connectivity index (χ2v) is 8.43. The van der Waals surface area contributed by atoms with Gasteiger partial charge in [-0.1, -0.05) is 72.8 Å². The molecule has 1 saturated heterocycles. The van der Waals surface area contributed by atoms with Crippen molar-refractivity contribution in [1.82, 2.24) is 19.4 Å². The first-order valence-corrected chi connectivity index (χ1v) is 11.5. The third kappa shape index (κ3) is 5.04. The van der Waals surface area contributed by atoms with Gasteiger partial charge in [-0.2, -0.15) is 0 Å². The first-order valence-electron chi connectivity index (χ1n) is 11.5. The summed E-state index contributed by atoms with van der Waals surface area (Å²) in [6, 6.07) is 28.8. The highest BCUT2D eigenvalue weighted by Crippen LogP contribution is 2.20. The Labute approximate surface area is 194 Å². The summed E-state index contributed by atoms with van der Waals surface area (Å²) in [4.78, 5) is 21.9. The quantitative estimate of drug-likeness (QED) is 0.420. The monoisotopic (exact) mass is 436 g/mol. The van der Waals surface area contributed by atoms with Crippen molar-refractivity contribution in [3.05, 3.63) is 108 Å². The van der Waals surface area contributed by atoms with Crippen LogP contribution in [-0.2, 0) is 17.9 Å². The molecule has 0 aliphatic carbocycles. The van der Waals surface area contributed by atoms with Crippen LogP contribution in [0.5, 0.6) is 0 Å². The number of rotatable bonds is 6. The van der Waals surface area contributed by atoms with Gasteiger partial charge in [-0.3, -0.25) is 9.69 Å². The van der Waals surface area contributed by atoms with Gasteiger partial charge in [0.25, 0.3) is 0 Å². The predicted octanol–water partition coefficient (Wildman–Crippen LogP) is 4.44. The summed E-state index contributed by atoms with van der Waals surface area (Å²) in [7, 11) is 0. The fourth-order valence-corrected chi connectivity index (χ4v) is 4.35. The Balaban J connectivity index is 1.25. The third-order valence-corrected chi connectivity index (χ3v) is 6.18. The topological polar surface area (TPSA) is 41.4 Å². The SMILES string of the molecule is O=C(/C=C\c1ccccc1)N1CCN(Cc2nc3ccccc3n2Cc2ccccc2)CC1. The second kappa shape index (κ2) is 9.84. The molecule has 166 valence electrons. The molecular formula is C28H28N4O. The minimum Gasteiger partial charge on any atom is -0.337 e. The van der Waals surface area contributed by atoms with Crippen LogP contribution in [0.1, 0.15) is 17.0 Å². The molecule has 4 aromatic rings. The molecule has 1 amide bonds. The van der Waals surface area contributed by atoms with E-state index in [1.807, 2.05) is 53.4 Å². The van der Waals surface area contributed by atoms with Crippen LogP contribution in [0.2, 0.25) is 0 Å². The van der Waals surface area contributed by atoms with Gasteiger partial charge in [-0.15, -0.1) is 0 Å². The molecule has 1 aromatic heterocycles. The molecule has 3 aromatic carbocycles. The van der Waals surface area contributed by atoms with Gasteiger partial charge < -0.3 is 9.47 Å². The van der Waals surface area contributed by atoms with Crippen LogP contribution in [0.25, 0.3) is 17.1 Å². The standard InChI is InChI=1S/C28H28N4O/c33-28(16-15-23-9-3-1-4-10-23)31-19-17-30(18-20-31)22-27-29-25-13-7-8-14-26(25)32(27)21-24-11-5-2-6-12-24/h1-16H,17-22H2/b16-15-. The van der Waals surface area contributed by atoms with E-state index >= 15 is 0 Å². The van der Waals surface area contributed by atoms with Crippen molar-refractivity contribution < 1.29 is 4.79 Å². The highest BCUT2D eigenvalue weighted by atomic mass is 16.2. The smallest absolute Gasteiger partial charge is 0.246 e. The lowest BCUT2D eigenvalue weighted by Gasteiger charge is -2.34. The van der Waals surface area contributed by atoms with Gasteiger partial charge in [0.2, 0.25) is 5.91 Å². The highest BCUT2D eigenvalue weighted by Gasteiger charge is 2.22. The number of nitrogens with zero attached hydrogens (tertiary/aromatic N) is 4. The summed E-state index contributed by atoms with van der Waals surface area (Å²) in [5.74, 6) is 1.15. The minimum absolute atomic E-state index is 0.0785. The zero-order valence-electron chi connectivity index (χ0n) is 18.7. The van der Waals surface area contributed by atoms with Gasteiger partial charge in [0, 0.05) is 38.8 Å². The summed E-state index contributed by atoms with van der Waals surface area (Å²) < 4.78 is 2.32. The Kier molecular flexibility index (Phi) is 6.31. The fourth-order valence-electron chi connectivity index (χ4n) is 4.35. The van der Waals surface area contributed by atoms with E-state index in [4.69, 9.17) is 4.98 Å². The summed E-state index contributed by atoms with van der Waals surface area (Å²) in [5, 5.41) is 0. The van der Waals surface area contributed by atoms with E-state index < -0.39 is 0 Å². The summed E-state index contributed by atoms with van der Waals surface area (Å²) in [6.45, 7) is 4.75. The molecular weight excluding hydrogens is 408 g/mol. The minimum atomic E-state index is 0.0785. The van der Waals surface area contributed by atoms with Gasteiger partial charge in [-0.25, -0.2) is 4.98 Å². The normalized spacial score (nSPS) is 14.8. The van der Waals surface area contributed by atoms with E-state index in [9.17, 15) is 4.79 Å². The van der Waals surface area contributed by atoms with Crippen molar-refractivity contribution in [3.63, 3.8) is 0 Å². The van der Waals surface area contributed by atoms with Crippen molar-refractivity contribution in [2.45, 2.75) is 13.1 Å². The number of carbonyl (C=O) groups is 1. The molecule has 33 heavy (non-hydrogen) atoms. The number of fused-ring (bicyclic) bond motifs is 1. The van der Waals surface area contributed by atoms with Crippen molar-refractivity contribution in [2.75, 3.05) is 26.2 Å². The zero-order chi connectivity index (χ0) is 22.5. The van der Waals surface area contributed by atoms with Crippen molar-refractivity contribution in [2.24, 2.45) is 0 Å². The number of amides is 1. The molecule has 2 heterocycles. The Bertz CT molecular complexity index is 1240. The Morgan fingerprint density at radius 2 is 1.45 bits per heavy atom. The van der Waals surface area contributed by atoms with Gasteiger partial charge >= 0.3 is 0 Å². The number of benzene rings is 3. The maximum Gasteiger partial charge on any atom is 0.246 e. The average molecular weight is 437 g/mol. The molecule has 0 bridgehead atoms.